The molecule has 0 bridgehead atoms. The van der Waals surface area contributed by atoms with Gasteiger partial charge in [0, 0.05) is 18.6 Å². The molecule has 2 fully saturated rings. The molecule has 1 heterocycles. The first-order chi connectivity index (χ1) is 7.51. The van der Waals surface area contributed by atoms with Gasteiger partial charge < -0.3 is 15.6 Å². The maximum atomic E-state index is 11.0. The van der Waals surface area contributed by atoms with Crippen LogP contribution in [0.3, 0.4) is 0 Å². The van der Waals surface area contributed by atoms with Gasteiger partial charge in [-0.25, -0.2) is 0 Å². The highest BCUT2D eigenvalue weighted by atomic mass is 16.5. The number of hydrogen-bond donors (Lipinski definition) is 2. The van der Waals surface area contributed by atoms with Crippen LogP contribution in [0.2, 0.25) is 0 Å². The third kappa shape index (κ3) is 1.89. The Morgan fingerprint density at radius 3 is 2.38 bits per heavy atom. The van der Waals surface area contributed by atoms with Gasteiger partial charge in [0.05, 0.1) is 12.2 Å². The van der Waals surface area contributed by atoms with Crippen molar-refractivity contribution in [2.45, 2.75) is 45.1 Å². The van der Waals surface area contributed by atoms with Crippen molar-refractivity contribution in [2.75, 3.05) is 19.8 Å². The molecule has 0 spiro atoms. The molecule has 2 rings (SSSR count). The Labute approximate surface area is 98.4 Å². The fourth-order valence-corrected chi connectivity index (χ4v) is 3.85. The molecule has 3 unspecified atom stereocenters. The van der Waals surface area contributed by atoms with E-state index in [-0.39, 0.29) is 5.41 Å². The van der Waals surface area contributed by atoms with E-state index in [1.807, 2.05) is 0 Å². The Morgan fingerprint density at radius 2 is 1.94 bits per heavy atom. The van der Waals surface area contributed by atoms with Gasteiger partial charge in [0.1, 0.15) is 0 Å². The van der Waals surface area contributed by atoms with E-state index < -0.39 is 5.60 Å². The monoisotopic (exact) mass is 227 g/mol. The summed E-state index contributed by atoms with van der Waals surface area (Å²) in [6.07, 6.45) is 3.92. The molecule has 0 radical (unpaired) electrons. The van der Waals surface area contributed by atoms with Crippen LogP contribution in [0.1, 0.15) is 39.5 Å². The molecular formula is C13H25NO2. The summed E-state index contributed by atoms with van der Waals surface area (Å²) < 4.78 is 5.50. The first-order valence-electron chi connectivity index (χ1n) is 6.51. The zero-order valence-corrected chi connectivity index (χ0v) is 10.5. The fourth-order valence-electron chi connectivity index (χ4n) is 3.85. The molecule has 1 saturated carbocycles. The van der Waals surface area contributed by atoms with Crippen LogP contribution < -0.4 is 5.73 Å². The highest BCUT2D eigenvalue weighted by molar-refractivity contribution is 5.04. The number of nitrogens with two attached hydrogens (primary N) is 1. The van der Waals surface area contributed by atoms with Gasteiger partial charge in [-0.15, -0.1) is 0 Å². The first-order valence-corrected chi connectivity index (χ1v) is 6.51. The maximum Gasteiger partial charge on any atom is 0.0743 e. The molecule has 1 aliphatic heterocycles. The molecule has 0 amide bonds. The van der Waals surface area contributed by atoms with Crippen LogP contribution in [0.4, 0.5) is 0 Å². The lowest BCUT2D eigenvalue weighted by Crippen LogP contribution is -2.56. The van der Waals surface area contributed by atoms with E-state index in [0.717, 1.165) is 25.9 Å². The SMILES string of the molecule is CC1CC(C)CC(O)(C2(CN)CCOC2)C1. The Bertz CT molecular complexity index is 238. The molecule has 0 aromatic heterocycles. The summed E-state index contributed by atoms with van der Waals surface area (Å²) in [6.45, 7) is 6.41. The number of aliphatic hydroxyl groups is 1. The van der Waals surface area contributed by atoms with Gasteiger partial charge in [-0.3, -0.25) is 0 Å². The van der Waals surface area contributed by atoms with Crippen LogP contribution in [-0.4, -0.2) is 30.5 Å². The molecule has 0 aromatic carbocycles. The summed E-state index contributed by atoms with van der Waals surface area (Å²) in [5.41, 5.74) is 5.15. The molecule has 3 N–H and O–H groups in total. The minimum absolute atomic E-state index is 0.185. The van der Waals surface area contributed by atoms with Crippen molar-refractivity contribution >= 4 is 0 Å². The first kappa shape index (κ1) is 12.3. The summed E-state index contributed by atoms with van der Waals surface area (Å²) in [4.78, 5) is 0. The van der Waals surface area contributed by atoms with Crippen LogP contribution >= 0.6 is 0 Å². The van der Waals surface area contributed by atoms with Crippen molar-refractivity contribution in [3.63, 3.8) is 0 Å². The van der Waals surface area contributed by atoms with Gasteiger partial charge in [0.2, 0.25) is 0 Å². The third-order valence-electron chi connectivity index (χ3n) is 4.66. The van der Waals surface area contributed by atoms with Gasteiger partial charge in [0.15, 0.2) is 0 Å². The molecule has 3 heteroatoms. The lowest BCUT2D eigenvalue weighted by molar-refractivity contribution is -0.128. The Kier molecular flexibility index (Phi) is 3.30. The molecule has 3 nitrogen and oxygen atoms in total. The van der Waals surface area contributed by atoms with E-state index in [1.165, 1.54) is 6.42 Å². The minimum atomic E-state index is -0.602. The average molecular weight is 227 g/mol. The van der Waals surface area contributed by atoms with Crippen LogP contribution in [0, 0.1) is 17.3 Å². The van der Waals surface area contributed by atoms with Crippen molar-refractivity contribution in [2.24, 2.45) is 23.0 Å². The zero-order chi connectivity index (χ0) is 11.8. The van der Waals surface area contributed by atoms with Crippen molar-refractivity contribution in [3.8, 4) is 0 Å². The predicted molar refractivity (Wildman–Crippen MR) is 64.1 cm³/mol. The van der Waals surface area contributed by atoms with Crippen molar-refractivity contribution in [3.05, 3.63) is 0 Å². The normalized spacial score (nSPS) is 49.5. The van der Waals surface area contributed by atoms with Gasteiger partial charge in [0.25, 0.3) is 0 Å². The van der Waals surface area contributed by atoms with Gasteiger partial charge in [-0.1, -0.05) is 13.8 Å². The second-order valence-corrected chi connectivity index (χ2v) is 6.17. The summed E-state index contributed by atoms with van der Waals surface area (Å²) in [7, 11) is 0. The van der Waals surface area contributed by atoms with Crippen LogP contribution in [0.15, 0.2) is 0 Å². The predicted octanol–water partition coefficient (Wildman–Crippen LogP) is 1.54. The molecule has 16 heavy (non-hydrogen) atoms. The average Bonchev–Trinajstić information content (AvgIpc) is 2.64. The number of rotatable bonds is 2. The topological polar surface area (TPSA) is 55.5 Å². The highest BCUT2D eigenvalue weighted by Gasteiger charge is 2.53. The highest BCUT2D eigenvalue weighted by Crippen LogP contribution is 2.49. The van der Waals surface area contributed by atoms with Crippen LogP contribution in [0.5, 0.6) is 0 Å². The van der Waals surface area contributed by atoms with Crippen LogP contribution in [0.25, 0.3) is 0 Å². The van der Waals surface area contributed by atoms with Crippen molar-refractivity contribution < 1.29 is 9.84 Å². The molecule has 0 aromatic rings. The second kappa shape index (κ2) is 4.28. The van der Waals surface area contributed by atoms with E-state index >= 15 is 0 Å². The van der Waals surface area contributed by atoms with E-state index in [2.05, 4.69) is 13.8 Å². The summed E-state index contributed by atoms with van der Waals surface area (Å²) >= 11 is 0. The molecular weight excluding hydrogens is 202 g/mol. The van der Waals surface area contributed by atoms with E-state index in [0.29, 0.717) is 25.0 Å². The Hall–Kier alpha value is -0.120. The van der Waals surface area contributed by atoms with E-state index in [1.54, 1.807) is 0 Å². The zero-order valence-electron chi connectivity index (χ0n) is 10.5. The van der Waals surface area contributed by atoms with Gasteiger partial charge >= 0.3 is 0 Å². The van der Waals surface area contributed by atoms with E-state index in [9.17, 15) is 5.11 Å². The van der Waals surface area contributed by atoms with Gasteiger partial charge in [-0.05, 0) is 37.5 Å². The smallest absolute Gasteiger partial charge is 0.0743 e. The lowest BCUT2D eigenvalue weighted by atomic mass is 9.60. The van der Waals surface area contributed by atoms with E-state index in [4.69, 9.17) is 10.5 Å². The number of ether oxygens (including phenoxy) is 1. The standard InChI is InChI=1S/C13H25NO2/c1-10-5-11(2)7-13(15,6-10)12(8-14)3-4-16-9-12/h10-11,15H,3-9,14H2,1-2H3. The molecule has 94 valence electrons. The molecule has 2 aliphatic rings. The Balaban J connectivity index is 2.21. The van der Waals surface area contributed by atoms with Crippen molar-refractivity contribution in [1.29, 1.82) is 0 Å². The summed E-state index contributed by atoms with van der Waals surface area (Å²) in [5.74, 6) is 1.19. The second-order valence-electron chi connectivity index (χ2n) is 6.17. The molecule has 1 aliphatic carbocycles. The third-order valence-corrected chi connectivity index (χ3v) is 4.66. The lowest BCUT2D eigenvalue weighted by Gasteiger charge is -2.49. The van der Waals surface area contributed by atoms with Crippen LogP contribution in [-0.2, 0) is 4.74 Å². The largest absolute Gasteiger partial charge is 0.389 e. The Morgan fingerprint density at radius 1 is 1.31 bits per heavy atom. The molecule has 1 saturated heterocycles. The quantitative estimate of drug-likeness (QED) is 0.752. The van der Waals surface area contributed by atoms with Crippen molar-refractivity contribution in [1.82, 2.24) is 0 Å². The number of hydrogen-bond acceptors (Lipinski definition) is 3. The van der Waals surface area contributed by atoms with Gasteiger partial charge in [-0.2, -0.15) is 0 Å². The maximum absolute atomic E-state index is 11.0. The summed E-state index contributed by atoms with van der Waals surface area (Å²) in [5, 5.41) is 11.0. The molecule has 3 atom stereocenters. The fraction of sp³-hybridized carbons (Fsp3) is 1.00. The summed E-state index contributed by atoms with van der Waals surface area (Å²) in [6, 6.07) is 0. The minimum Gasteiger partial charge on any atom is -0.389 e.